The van der Waals surface area contributed by atoms with Gasteiger partial charge in [0, 0.05) is 24.0 Å². The fourth-order valence-corrected chi connectivity index (χ4v) is 3.53. The van der Waals surface area contributed by atoms with Crippen molar-refractivity contribution >= 4 is 0 Å². The van der Waals surface area contributed by atoms with E-state index in [1.54, 1.807) is 0 Å². The third-order valence-electron chi connectivity index (χ3n) is 4.59. The first-order valence-electron chi connectivity index (χ1n) is 7.23. The Balaban J connectivity index is 1.85. The Labute approximate surface area is 110 Å². The van der Waals surface area contributed by atoms with Crippen LogP contribution in [0.1, 0.15) is 31.7 Å². The maximum atomic E-state index is 5.60. The van der Waals surface area contributed by atoms with E-state index in [1.807, 2.05) is 0 Å². The molecule has 1 aliphatic heterocycles. The first kappa shape index (κ1) is 12.2. The van der Waals surface area contributed by atoms with Crippen LogP contribution in [-0.4, -0.2) is 25.8 Å². The van der Waals surface area contributed by atoms with E-state index in [0.717, 1.165) is 19.8 Å². The van der Waals surface area contributed by atoms with Crippen LogP contribution in [0.2, 0.25) is 0 Å². The molecule has 2 nitrogen and oxygen atoms in total. The highest BCUT2D eigenvalue weighted by atomic mass is 16.5. The third-order valence-corrected chi connectivity index (χ3v) is 4.59. The van der Waals surface area contributed by atoms with Gasteiger partial charge in [0.05, 0.1) is 6.61 Å². The maximum absolute atomic E-state index is 5.60. The number of nitrogens with one attached hydrogen (secondary N) is 1. The van der Waals surface area contributed by atoms with Crippen LogP contribution in [0.5, 0.6) is 0 Å². The Morgan fingerprint density at radius 1 is 1.33 bits per heavy atom. The molecule has 2 unspecified atom stereocenters. The van der Waals surface area contributed by atoms with E-state index in [1.165, 1.54) is 24.8 Å². The second-order valence-electron chi connectivity index (χ2n) is 5.68. The minimum absolute atomic E-state index is 0.385. The molecule has 98 valence electrons. The van der Waals surface area contributed by atoms with E-state index in [0.29, 0.717) is 17.4 Å². The summed E-state index contributed by atoms with van der Waals surface area (Å²) < 4.78 is 5.60. The Hall–Kier alpha value is -0.860. The van der Waals surface area contributed by atoms with Crippen molar-refractivity contribution in [3.63, 3.8) is 0 Å². The lowest BCUT2D eigenvalue weighted by Gasteiger charge is -2.32. The van der Waals surface area contributed by atoms with Crippen LogP contribution in [0.3, 0.4) is 0 Å². The summed E-state index contributed by atoms with van der Waals surface area (Å²) >= 11 is 0. The number of ether oxygens (including phenoxy) is 1. The van der Waals surface area contributed by atoms with Crippen molar-refractivity contribution < 1.29 is 4.74 Å². The van der Waals surface area contributed by atoms with Gasteiger partial charge in [-0.05, 0) is 31.4 Å². The highest BCUT2D eigenvalue weighted by Crippen LogP contribution is 2.53. The van der Waals surface area contributed by atoms with Crippen molar-refractivity contribution in [3.8, 4) is 0 Å². The van der Waals surface area contributed by atoms with Crippen molar-refractivity contribution in [2.75, 3.05) is 19.8 Å². The van der Waals surface area contributed by atoms with Crippen molar-refractivity contribution in [2.24, 2.45) is 5.92 Å². The SMILES string of the molecule is CCNC(C1CCOC1)C1(c2ccccc2)CC1. The molecule has 2 fully saturated rings. The van der Waals surface area contributed by atoms with Gasteiger partial charge < -0.3 is 10.1 Å². The van der Waals surface area contributed by atoms with E-state index in [2.05, 4.69) is 42.6 Å². The number of likely N-dealkylation sites (N-methyl/N-ethyl adjacent to an activating group) is 1. The Kier molecular flexibility index (Phi) is 3.40. The molecule has 1 heterocycles. The van der Waals surface area contributed by atoms with Gasteiger partial charge in [-0.3, -0.25) is 0 Å². The lowest BCUT2D eigenvalue weighted by molar-refractivity contribution is 0.170. The topological polar surface area (TPSA) is 21.3 Å². The second kappa shape index (κ2) is 5.02. The Bertz CT molecular complexity index is 379. The molecular formula is C16H23NO. The van der Waals surface area contributed by atoms with E-state index < -0.39 is 0 Å². The molecule has 0 aromatic heterocycles. The fourth-order valence-electron chi connectivity index (χ4n) is 3.53. The zero-order valence-corrected chi connectivity index (χ0v) is 11.2. The van der Waals surface area contributed by atoms with Crippen LogP contribution in [0.15, 0.2) is 30.3 Å². The molecule has 1 N–H and O–H groups in total. The highest BCUT2D eigenvalue weighted by molar-refractivity contribution is 5.34. The predicted molar refractivity (Wildman–Crippen MR) is 73.7 cm³/mol. The van der Waals surface area contributed by atoms with Gasteiger partial charge in [-0.2, -0.15) is 0 Å². The minimum atomic E-state index is 0.385. The number of hydrogen-bond donors (Lipinski definition) is 1. The lowest BCUT2D eigenvalue weighted by Crippen LogP contribution is -2.46. The molecular weight excluding hydrogens is 222 g/mol. The maximum Gasteiger partial charge on any atom is 0.0510 e. The number of benzene rings is 1. The van der Waals surface area contributed by atoms with Crippen LogP contribution in [0.25, 0.3) is 0 Å². The summed E-state index contributed by atoms with van der Waals surface area (Å²) in [6.07, 6.45) is 3.86. The van der Waals surface area contributed by atoms with Crippen LogP contribution in [-0.2, 0) is 10.2 Å². The second-order valence-corrected chi connectivity index (χ2v) is 5.68. The Morgan fingerprint density at radius 3 is 2.67 bits per heavy atom. The molecule has 2 aliphatic rings. The molecule has 1 saturated carbocycles. The molecule has 0 radical (unpaired) electrons. The van der Waals surface area contributed by atoms with Gasteiger partial charge in [0.1, 0.15) is 0 Å². The van der Waals surface area contributed by atoms with Gasteiger partial charge in [-0.15, -0.1) is 0 Å². The summed E-state index contributed by atoms with van der Waals surface area (Å²) in [7, 11) is 0. The largest absolute Gasteiger partial charge is 0.381 e. The van der Waals surface area contributed by atoms with Crippen molar-refractivity contribution in [1.82, 2.24) is 5.32 Å². The summed E-state index contributed by atoms with van der Waals surface area (Å²) in [5, 5.41) is 3.75. The molecule has 0 amide bonds. The van der Waals surface area contributed by atoms with Crippen LogP contribution >= 0.6 is 0 Å². The normalized spacial score (nSPS) is 27.1. The molecule has 1 saturated heterocycles. The standard InChI is InChI=1S/C16H23NO/c1-2-17-15(13-8-11-18-12-13)16(9-10-16)14-6-4-3-5-7-14/h3-7,13,15,17H,2,8-12H2,1H3. The van der Waals surface area contributed by atoms with Crippen molar-refractivity contribution in [2.45, 2.75) is 37.6 Å². The van der Waals surface area contributed by atoms with Gasteiger partial charge in [-0.25, -0.2) is 0 Å². The number of rotatable bonds is 5. The quantitative estimate of drug-likeness (QED) is 0.861. The van der Waals surface area contributed by atoms with Gasteiger partial charge >= 0.3 is 0 Å². The summed E-state index contributed by atoms with van der Waals surface area (Å²) in [5.41, 5.74) is 1.90. The smallest absolute Gasteiger partial charge is 0.0510 e. The first-order valence-corrected chi connectivity index (χ1v) is 7.23. The highest BCUT2D eigenvalue weighted by Gasteiger charge is 2.53. The van der Waals surface area contributed by atoms with Gasteiger partial charge in [0.15, 0.2) is 0 Å². The van der Waals surface area contributed by atoms with Gasteiger partial charge in [0.2, 0.25) is 0 Å². The molecule has 1 aromatic carbocycles. The van der Waals surface area contributed by atoms with E-state index >= 15 is 0 Å². The zero-order chi connectivity index (χ0) is 12.4. The molecule has 2 heteroatoms. The lowest BCUT2D eigenvalue weighted by atomic mass is 9.80. The van der Waals surface area contributed by atoms with Crippen molar-refractivity contribution in [3.05, 3.63) is 35.9 Å². The van der Waals surface area contributed by atoms with Crippen molar-refractivity contribution in [1.29, 1.82) is 0 Å². The molecule has 3 rings (SSSR count). The zero-order valence-electron chi connectivity index (χ0n) is 11.2. The Morgan fingerprint density at radius 2 is 2.11 bits per heavy atom. The molecule has 1 aliphatic carbocycles. The van der Waals surface area contributed by atoms with E-state index in [4.69, 9.17) is 4.74 Å². The summed E-state index contributed by atoms with van der Waals surface area (Å²) in [5.74, 6) is 0.688. The fraction of sp³-hybridized carbons (Fsp3) is 0.625. The summed E-state index contributed by atoms with van der Waals surface area (Å²) in [6.45, 7) is 5.14. The van der Waals surface area contributed by atoms with Gasteiger partial charge in [-0.1, -0.05) is 37.3 Å². The minimum Gasteiger partial charge on any atom is -0.381 e. The molecule has 0 bridgehead atoms. The van der Waals surface area contributed by atoms with Gasteiger partial charge in [0.25, 0.3) is 0 Å². The first-order chi connectivity index (χ1) is 8.87. The van der Waals surface area contributed by atoms with Crippen LogP contribution in [0, 0.1) is 5.92 Å². The molecule has 18 heavy (non-hydrogen) atoms. The average Bonchev–Trinajstić information content (AvgIpc) is 3.04. The molecule has 1 aromatic rings. The predicted octanol–water partition coefficient (Wildman–Crippen LogP) is 2.73. The van der Waals surface area contributed by atoms with E-state index in [-0.39, 0.29) is 0 Å². The summed E-state index contributed by atoms with van der Waals surface area (Å²) in [4.78, 5) is 0. The van der Waals surface area contributed by atoms with Crippen LogP contribution in [0.4, 0.5) is 0 Å². The number of hydrogen-bond acceptors (Lipinski definition) is 2. The average molecular weight is 245 g/mol. The third kappa shape index (κ3) is 2.08. The summed E-state index contributed by atoms with van der Waals surface area (Å²) in [6, 6.07) is 11.6. The van der Waals surface area contributed by atoms with E-state index in [9.17, 15) is 0 Å². The van der Waals surface area contributed by atoms with Crippen LogP contribution < -0.4 is 5.32 Å². The molecule has 0 spiro atoms. The monoisotopic (exact) mass is 245 g/mol. The molecule has 2 atom stereocenters.